The molecule has 1 saturated carbocycles. The van der Waals surface area contributed by atoms with E-state index in [-0.39, 0.29) is 30.7 Å². The van der Waals surface area contributed by atoms with Crippen molar-refractivity contribution in [2.24, 2.45) is 0 Å². The number of fused-ring (bicyclic) bond motifs is 1. The van der Waals surface area contributed by atoms with Gasteiger partial charge in [-0.05, 0) is 43.7 Å². The van der Waals surface area contributed by atoms with Gasteiger partial charge in [-0.2, -0.15) is 5.10 Å². The number of amides is 1. The lowest BCUT2D eigenvalue weighted by molar-refractivity contribution is -0.0918. The number of hydrogen-bond acceptors (Lipinski definition) is 9. The fourth-order valence-corrected chi connectivity index (χ4v) is 4.99. The van der Waals surface area contributed by atoms with E-state index in [1.807, 2.05) is 32.2 Å². The molecule has 1 atom stereocenters. The van der Waals surface area contributed by atoms with E-state index >= 15 is 0 Å². The molecular formula is C26H27F2N9O2. The monoisotopic (exact) mass is 535 g/mol. The van der Waals surface area contributed by atoms with Gasteiger partial charge in [-0.3, -0.25) is 9.89 Å². The Kier molecular flexibility index (Phi) is 6.29. The second kappa shape index (κ2) is 9.80. The molecule has 202 valence electrons. The van der Waals surface area contributed by atoms with E-state index in [1.165, 1.54) is 0 Å². The van der Waals surface area contributed by atoms with E-state index in [2.05, 4.69) is 52.0 Å². The minimum atomic E-state index is -2.71. The molecule has 3 aromatic heterocycles. The van der Waals surface area contributed by atoms with E-state index < -0.39 is 17.7 Å². The van der Waals surface area contributed by atoms with Crippen LogP contribution in [0.1, 0.15) is 64.6 Å². The molecule has 2 aliphatic rings. The number of halogens is 2. The topological polar surface area (TPSA) is 138 Å². The smallest absolute Gasteiger partial charge is 0.309 e. The molecule has 4 aromatic rings. The van der Waals surface area contributed by atoms with Crippen LogP contribution in [0.3, 0.4) is 0 Å². The van der Waals surface area contributed by atoms with Gasteiger partial charge in [0.1, 0.15) is 0 Å². The van der Waals surface area contributed by atoms with E-state index in [9.17, 15) is 13.6 Å². The lowest BCUT2D eigenvalue weighted by Crippen LogP contribution is -2.33. The van der Waals surface area contributed by atoms with Crippen molar-refractivity contribution in [1.29, 1.82) is 0 Å². The van der Waals surface area contributed by atoms with Crippen LogP contribution >= 0.6 is 0 Å². The second-order valence-electron chi connectivity index (χ2n) is 10.2. The third-order valence-electron chi connectivity index (χ3n) is 7.17. The number of nitrogens with one attached hydrogen (secondary N) is 3. The number of aromatic nitrogens is 6. The minimum absolute atomic E-state index is 0.0818. The Bertz CT molecular complexity index is 1510. The molecule has 0 saturated heterocycles. The number of alkyl halides is 2. The molecule has 1 fully saturated rings. The van der Waals surface area contributed by atoms with Crippen molar-refractivity contribution < 1.29 is 18.0 Å². The van der Waals surface area contributed by atoms with Crippen LogP contribution in [0.5, 0.6) is 0 Å². The number of carbonyl (C=O) groups excluding carboxylic acids is 1. The van der Waals surface area contributed by atoms with Crippen molar-refractivity contribution in [3.63, 3.8) is 0 Å². The second-order valence-corrected chi connectivity index (χ2v) is 10.2. The van der Waals surface area contributed by atoms with Gasteiger partial charge in [-0.25, -0.2) is 18.7 Å². The summed E-state index contributed by atoms with van der Waals surface area (Å²) in [6, 6.07) is 7.61. The number of benzene rings is 1. The van der Waals surface area contributed by atoms with E-state index in [0.717, 1.165) is 40.3 Å². The van der Waals surface area contributed by atoms with Crippen LogP contribution in [0.2, 0.25) is 0 Å². The zero-order chi connectivity index (χ0) is 27.1. The summed E-state index contributed by atoms with van der Waals surface area (Å²) < 4.78 is 31.9. The fourth-order valence-electron chi connectivity index (χ4n) is 4.99. The van der Waals surface area contributed by atoms with Crippen molar-refractivity contribution >= 4 is 17.5 Å². The molecule has 1 amide bonds. The molecule has 1 aliphatic carbocycles. The normalized spacial score (nSPS) is 19.1. The highest BCUT2D eigenvalue weighted by Gasteiger charge is 2.48. The summed E-state index contributed by atoms with van der Waals surface area (Å²) in [6.45, 7) is 3.36. The Labute approximate surface area is 222 Å². The standard InChI is InChI=1S/C26H27F2N9O2/c1-14-21(12-30-34-14)33-25-29-7-5-19(32-25)15-3-4-18-16(9-15)13-37(2)8-6-20(18)31-22(38)24-36-35-23(39-24)17-10-26(27,28)11-17/h3-5,7,9,12,17,20H,6,8,10-11,13H2,1-2H3,(H,30,34)(H,31,38)(H,29,32,33). The van der Waals surface area contributed by atoms with Gasteiger partial charge in [0, 0.05) is 43.6 Å². The average molecular weight is 536 g/mol. The summed E-state index contributed by atoms with van der Waals surface area (Å²) in [4.78, 5) is 24.1. The zero-order valence-electron chi connectivity index (χ0n) is 21.4. The minimum Gasteiger partial charge on any atom is -0.417 e. The number of aromatic amines is 1. The number of carbonyl (C=O) groups is 1. The molecule has 0 radical (unpaired) electrons. The van der Waals surface area contributed by atoms with Crippen molar-refractivity contribution in [2.45, 2.75) is 50.6 Å². The number of H-pyrrole nitrogens is 1. The Morgan fingerprint density at radius 3 is 2.85 bits per heavy atom. The van der Waals surface area contributed by atoms with E-state index in [4.69, 9.17) is 4.42 Å². The van der Waals surface area contributed by atoms with Gasteiger partial charge in [-0.1, -0.05) is 12.1 Å². The Morgan fingerprint density at radius 1 is 1.23 bits per heavy atom. The molecule has 1 aromatic carbocycles. The average Bonchev–Trinajstić information content (AvgIpc) is 3.51. The van der Waals surface area contributed by atoms with Crippen molar-refractivity contribution in [1.82, 2.24) is 40.6 Å². The van der Waals surface area contributed by atoms with Gasteiger partial charge in [0.15, 0.2) is 0 Å². The van der Waals surface area contributed by atoms with Gasteiger partial charge in [-0.15, -0.1) is 10.2 Å². The van der Waals surface area contributed by atoms with Crippen LogP contribution in [0.4, 0.5) is 20.4 Å². The third kappa shape index (κ3) is 5.21. The highest BCUT2D eigenvalue weighted by atomic mass is 19.3. The molecule has 0 spiro atoms. The Morgan fingerprint density at radius 2 is 2.08 bits per heavy atom. The molecule has 4 heterocycles. The molecule has 11 nitrogen and oxygen atoms in total. The fraction of sp³-hybridized carbons (Fsp3) is 0.385. The first-order chi connectivity index (χ1) is 18.7. The molecule has 39 heavy (non-hydrogen) atoms. The number of aryl methyl sites for hydroxylation is 1. The van der Waals surface area contributed by atoms with Crippen molar-refractivity contribution in [3.8, 4) is 11.3 Å². The largest absolute Gasteiger partial charge is 0.417 e. The van der Waals surface area contributed by atoms with Crippen molar-refractivity contribution in [2.75, 3.05) is 18.9 Å². The summed E-state index contributed by atoms with van der Waals surface area (Å²) >= 11 is 0. The molecule has 6 rings (SSSR count). The number of rotatable bonds is 6. The van der Waals surface area contributed by atoms with Gasteiger partial charge in [0.25, 0.3) is 0 Å². The van der Waals surface area contributed by atoms with Crippen molar-refractivity contribution in [3.05, 3.63) is 65.3 Å². The first-order valence-corrected chi connectivity index (χ1v) is 12.7. The Balaban J connectivity index is 1.21. The predicted octanol–water partition coefficient (Wildman–Crippen LogP) is 4.12. The molecule has 3 N–H and O–H groups in total. The van der Waals surface area contributed by atoms with Crippen LogP contribution < -0.4 is 10.6 Å². The molecule has 1 aliphatic heterocycles. The van der Waals surface area contributed by atoms with Crippen LogP contribution in [-0.4, -0.2) is 60.7 Å². The Hall–Kier alpha value is -4.26. The van der Waals surface area contributed by atoms with Gasteiger partial charge in [0.05, 0.1) is 29.3 Å². The van der Waals surface area contributed by atoms with E-state index in [1.54, 1.807) is 12.4 Å². The highest BCUT2D eigenvalue weighted by Crippen LogP contribution is 2.47. The zero-order valence-corrected chi connectivity index (χ0v) is 21.4. The van der Waals surface area contributed by atoms with Crippen LogP contribution in [0.25, 0.3) is 11.3 Å². The number of anilines is 2. The summed E-state index contributed by atoms with van der Waals surface area (Å²) in [5, 5.41) is 20.7. The first kappa shape index (κ1) is 25.0. The molecule has 0 bridgehead atoms. The number of nitrogens with zero attached hydrogens (tertiary/aromatic N) is 6. The van der Waals surface area contributed by atoms with Gasteiger partial charge < -0.3 is 20.0 Å². The summed E-state index contributed by atoms with van der Waals surface area (Å²) in [6.07, 6.45) is 3.38. The van der Waals surface area contributed by atoms with E-state index in [0.29, 0.717) is 18.9 Å². The maximum Gasteiger partial charge on any atom is 0.309 e. The van der Waals surface area contributed by atoms with Crippen LogP contribution in [0, 0.1) is 6.92 Å². The summed E-state index contributed by atoms with van der Waals surface area (Å²) in [7, 11) is 2.03. The molecule has 1 unspecified atom stereocenters. The van der Waals surface area contributed by atoms with Crippen LogP contribution in [0.15, 0.2) is 41.1 Å². The first-order valence-electron chi connectivity index (χ1n) is 12.7. The molecule has 13 heteroatoms. The lowest BCUT2D eigenvalue weighted by Gasteiger charge is -2.32. The van der Waals surface area contributed by atoms with Crippen LogP contribution in [-0.2, 0) is 6.54 Å². The maximum atomic E-state index is 13.2. The highest BCUT2D eigenvalue weighted by molar-refractivity contribution is 5.89. The predicted molar refractivity (Wildman–Crippen MR) is 136 cm³/mol. The number of hydrogen-bond donors (Lipinski definition) is 3. The van der Waals surface area contributed by atoms with Gasteiger partial charge >= 0.3 is 11.8 Å². The summed E-state index contributed by atoms with van der Waals surface area (Å²) in [5.74, 6) is -3.42. The summed E-state index contributed by atoms with van der Waals surface area (Å²) in [5.41, 5.74) is 5.39. The maximum absolute atomic E-state index is 13.2. The third-order valence-corrected chi connectivity index (χ3v) is 7.17. The van der Waals surface area contributed by atoms with Gasteiger partial charge in [0.2, 0.25) is 17.8 Å². The molecular weight excluding hydrogens is 508 g/mol. The lowest BCUT2D eigenvalue weighted by atomic mass is 9.81. The SMILES string of the molecule is Cc1[nH]ncc1Nc1nccc(-c2ccc3c(c2)CN(C)CCC3NC(=O)c2nnc(C3CC(F)(F)C3)o2)n1. The quantitative estimate of drug-likeness (QED) is 0.333.